The largest absolute Gasteiger partial charge is 0.293 e. The Kier molecular flexibility index (Phi) is 2.93. The summed E-state index contributed by atoms with van der Waals surface area (Å²) in [5, 5.41) is 0. The van der Waals surface area contributed by atoms with Gasteiger partial charge in [0.2, 0.25) is 0 Å². The molecule has 2 aromatic rings. The topological polar surface area (TPSA) is 3.01 Å². The molecule has 2 atom stereocenters. The number of benzene rings is 2. The van der Waals surface area contributed by atoms with Gasteiger partial charge < -0.3 is 0 Å². The lowest BCUT2D eigenvalue weighted by Crippen LogP contribution is -2.04. The van der Waals surface area contributed by atoms with Crippen molar-refractivity contribution in [2.45, 2.75) is 19.0 Å². The first-order chi connectivity index (χ1) is 8.42. The van der Waals surface area contributed by atoms with Crippen molar-refractivity contribution in [2.24, 2.45) is 0 Å². The molecule has 3 rings (SSSR count). The molecule has 0 spiro atoms. The van der Waals surface area contributed by atoms with Gasteiger partial charge in [0.25, 0.3) is 0 Å². The van der Waals surface area contributed by atoms with Gasteiger partial charge in [-0.1, -0.05) is 60.7 Å². The quantitative estimate of drug-likeness (QED) is 0.720. The first-order valence-corrected chi connectivity index (χ1v) is 6.24. The van der Waals surface area contributed by atoms with Gasteiger partial charge in [0.1, 0.15) is 0 Å². The minimum atomic E-state index is 0.748. The van der Waals surface area contributed by atoms with E-state index in [1.165, 1.54) is 24.1 Å². The monoisotopic (exact) mass is 223 g/mol. The SMILES string of the molecule is c1ccc(CC2CN2Cc2ccccc2)cc1. The van der Waals surface area contributed by atoms with E-state index in [1.807, 2.05) is 0 Å². The normalized spacial score (nSPS) is 22.4. The Morgan fingerprint density at radius 2 is 1.41 bits per heavy atom. The molecule has 0 amide bonds. The van der Waals surface area contributed by atoms with E-state index < -0.39 is 0 Å². The lowest BCUT2D eigenvalue weighted by Gasteiger charge is -2.04. The van der Waals surface area contributed by atoms with Crippen LogP contribution >= 0.6 is 0 Å². The molecule has 86 valence electrons. The highest BCUT2D eigenvalue weighted by Gasteiger charge is 2.33. The molecule has 1 fully saturated rings. The van der Waals surface area contributed by atoms with Crippen molar-refractivity contribution in [3.05, 3.63) is 71.8 Å². The zero-order chi connectivity index (χ0) is 11.5. The second kappa shape index (κ2) is 4.72. The van der Waals surface area contributed by atoms with E-state index in [0.717, 1.165) is 12.6 Å². The first kappa shape index (κ1) is 10.5. The Bertz CT molecular complexity index is 418. The summed E-state index contributed by atoms with van der Waals surface area (Å²) < 4.78 is 0. The van der Waals surface area contributed by atoms with Crippen LogP contribution in [0.15, 0.2) is 60.7 Å². The van der Waals surface area contributed by atoms with Crippen LogP contribution in [0.5, 0.6) is 0 Å². The molecule has 17 heavy (non-hydrogen) atoms. The van der Waals surface area contributed by atoms with E-state index in [1.54, 1.807) is 0 Å². The Hall–Kier alpha value is -1.60. The van der Waals surface area contributed by atoms with E-state index in [9.17, 15) is 0 Å². The summed E-state index contributed by atoms with van der Waals surface area (Å²) in [5.41, 5.74) is 2.87. The standard InChI is InChI=1S/C16H17N/c1-3-7-14(8-4-1)11-16-13-17(16)12-15-9-5-2-6-10-15/h1-10,16H,11-13H2. The number of nitrogens with zero attached hydrogens (tertiary/aromatic N) is 1. The Labute approximate surface area is 103 Å². The molecule has 0 N–H and O–H groups in total. The molecule has 1 aliphatic rings. The second-order valence-electron chi connectivity index (χ2n) is 4.76. The lowest BCUT2D eigenvalue weighted by molar-refractivity contribution is 0.499. The van der Waals surface area contributed by atoms with Crippen LogP contribution in [0.2, 0.25) is 0 Å². The van der Waals surface area contributed by atoms with Crippen LogP contribution in [0.1, 0.15) is 11.1 Å². The highest BCUT2D eigenvalue weighted by molar-refractivity contribution is 5.19. The molecule has 1 heteroatoms. The van der Waals surface area contributed by atoms with E-state index >= 15 is 0 Å². The minimum absolute atomic E-state index is 0.748. The van der Waals surface area contributed by atoms with Gasteiger partial charge in [0.05, 0.1) is 0 Å². The smallest absolute Gasteiger partial charge is 0.0267 e. The van der Waals surface area contributed by atoms with Crippen LogP contribution in [0.3, 0.4) is 0 Å². The van der Waals surface area contributed by atoms with E-state index in [0.29, 0.717) is 0 Å². The van der Waals surface area contributed by atoms with Crippen LogP contribution in [0, 0.1) is 0 Å². The summed E-state index contributed by atoms with van der Waals surface area (Å²) >= 11 is 0. The van der Waals surface area contributed by atoms with Gasteiger partial charge in [-0.15, -0.1) is 0 Å². The molecule has 0 radical (unpaired) electrons. The fraction of sp³-hybridized carbons (Fsp3) is 0.250. The zero-order valence-corrected chi connectivity index (χ0v) is 9.92. The maximum absolute atomic E-state index is 2.53. The molecule has 1 nitrogen and oxygen atoms in total. The second-order valence-corrected chi connectivity index (χ2v) is 4.76. The molecule has 1 saturated heterocycles. The predicted molar refractivity (Wildman–Crippen MR) is 70.8 cm³/mol. The third-order valence-corrected chi connectivity index (χ3v) is 3.37. The van der Waals surface area contributed by atoms with Gasteiger partial charge in [-0.05, 0) is 17.5 Å². The molecule has 1 aliphatic heterocycles. The molecule has 2 aromatic carbocycles. The molecule has 0 bridgehead atoms. The fourth-order valence-electron chi connectivity index (χ4n) is 2.31. The average molecular weight is 223 g/mol. The van der Waals surface area contributed by atoms with Crippen molar-refractivity contribution in [1.82, 2.24) is 4.90 Å². The third kappa shape index (κ3) is 2.75. The Balaban J connectivity index is 1.54. The van der Waals surface area contributed by atoms with Gasteiger partial charge in [-0.2, -0.15) is 0 Å². The zero-order valence-electron chi connectivity index (χ0n) is 9.92. The predicted octanol–water partition coefficient (Wildman–Crippen LogP) is 3.11. The lowest BCUT2D eigenvalue weighted by atomic mass is 10.1. The molecule has 0 aromatic heterocycles. The van der Waals surface area contributed by atoms with Crippen molar-refractivity contribution in [3.63, 3.8) is 0 Å². The number of hydrogen-bond donors (Lipinski definition) is 0. The summed E-state index contributed by atoms with van der Waals surface area (Å²) in [6, 6.07) is 22.2. The van der Waals surface area contributed by atoms with Gasteiger partial charge in [-0.3, -0.25) is 4.90 Å². The molecular formula is C16H17N. The summed E-state index contributed by atoms with van der Waals surface area (Å²) in [5.74, 6) is 0. The van der Waals surface area contributed by atoms with Crippen LogP contribution in [-0.2, 0) is 13.0 Å². The highest BCUT2D eigenvalue weighted by atomic mass is 15.3. The Morgan fingerprint density at radius 3 is 2.06 bits per heavy atom. The fourth-order valence-corrected chi connectivity index (χ4v) is 2.31. The molecule has 2 unspecified atom stereocenters. The van der Waals surface area contributed by atoms with Crippen LogP contribution < -0.4 is 0 Å². The van der Waals surface area contributed by atoms with Crippen LogP contribution in [-0.4, -0.2) is 17.5 Å². The van der Waals surface area contributed by atoms with Gasteiger partial charge in [-0.25, -0.2) is 0 Å². The van der Waals surface area contributed by atoms with Crippen molar-refractivity contribution >= 4 is 0 Å². The maximum atomic E-state index is 2.53. The van der Waals surface area contributed by atoms with E-state index in [2.05, 4.69) is 65.6 Å². The summed E-state index contributed by atoms with van der Waals surface area (Å²) in [4.78, 5) is 2.53. The van der Waals surface area contributed by atoms with Crippen molar-refractivity contribution in [2.75, 3.05) is 6.54 Å². The van der Waals surface area contributed by atoms with Gasteiger partial charge >= 0.3 is 0 Å². The molecule has 0 saturated carbocycles. The van der Waals surface area contributed by atoms with Gasteiger partial charge in [0, 0.05) is 19.1 Å². The third-order valence-electron chi connectivity index (χ3n) is 3.37. The van der Waals surface area contributed by atoms with Crippen molar-refractivity contribution < 1.29 is 0 Å². The van der Waals surface area contributed by atoms with Crippen molar-refractivity contribution in [1.29, 1.82) is 0 Å². The average Bonchev–Trinajstić information content (AvgIpc) is 3.10. The maximum Gasteiger partial charge on any atom is 0.0267 e. The Morgan fingerprint density at radius 1 is 0.824 bits per heavy atom. The number of hydrogen-bond acceptors (Lipinski definition) is 1. The first-order valence-electron chi connectivity index (χ1n) is 6.24. The van der Waals surface area contributed by atoms with E-state index in [4.69, 9.17) is 0 Å². The summed E-state index contributed by atoms with van der Waals surface area (Å²) in [6.45, 7) is 2.34. The minimum Gasteiger partial charge on any atom is -0.293 e. The summed E-state index contributed by atoms with van der Waals surface area (Å²) in [7, 11) is 0. The van der Waals surface area contributed by atoms with Crippen LogP contribution in [0.25, 0.3) is 0 Å². The molecular weight excluding hydrogens is 206 g/mol. The van der Waals surface area contributed by atoms with E-state index in [-0.39, 0.29) is 0 Å². The highest BCUT2D eigenvalue weighted by Crippen LogP contribution is 2.24. The van der Waals surface area contributed by atoms with Gasteiger partial charge in [0.15, 0.2) is 0 Å². The summed E-state index contributed by atoms with van der Waals surface area (Å²) in [6.07, 6.45) is 1.19. The number of rotatable bonds is 4. The molecule has 0 aliphatic carbocycles. The van der Waals surface area contributed by atoms with Crippen molar-refractivity contribution in [3.8, 4) is 0 Å². The molecule has 1 heterocycles. The van der Waals surface area contributed by atoms with Crippen LogP contribution in [0.4, 0.5) is 0 Å².